The number of rotatable bonds is 0. The molecule has 3 aliphatic heterocycles. The van der Waals surface area contributed by atoms with Gasteiger partial charge in [0.15, 0.2) is 0 Å². The Kier molecular flexibility index (Phi) is 2.40. The smallest absolute Gasteiger partial charge is 0.136 e. The van der Waals surface area contributed by atoms with E-state index in [9.17, 15) is 9.90 Å². The van der Waals surface area contributed by atoms with Gasteiger partial charge < -0.3 is 24.6 Å². The summed E-state index contributed by atoms with van der Waals surface area (Å²) in [4.78, 5) is 17.4. The molecule has 5 nitrogen and oxygen atoms in total. The third-order valence-electron chi connectivity index (χ3n) is 5.06. The van der Waals surface area contributed by atoms with Crippen LogP contribution in [-0.2, 0) is 0 Å². The maximum atomic E-state index is 11.1. The summed E-state index contributed by atoms with van der Waals surface area (Å²) in [7, 11) is 2.13. The Morgan fingerprint density at radius 2 is 2.15 bits per heavy atom. The summed E-state index contributed by atoms with van der Waals surface area (Å²) in [6, 6.07) is 6.87. The van der Waals surface area contributed by atoms with Crippen LogP contribution >= 0.6 is 0 Å². The molecular formula is C15H18N3O2-. The molecule has 0 radical (unpaired) electrons. The SMILES string of the molecule is CN1CCN2c3c(cccc31)[C@@H]1CN(C(=O)[O-])CC[C@@H]12. The minimum absolute atomic E-state index is 0.295. The Hall–Kier alpha value is -1.91. The van der Waals surface area contributed by atoms with Crippen molar-refractivity contribution in [2.45, 2.75) is 18.4 Å². The topological polar surface area (TPSA) is 49.8 Å². The largest absolute Gasteiger partial charge is 0.530 e. The van der Waals surface area contributed by atoms with Gasteiger partial charge in [0.2, 0.25) is 0 Å². The molecule has 0 aliphatic carbocycles. The molecule has 0 N–H and O–H groups in total. The van der Waals surface area contributed by atoms with Crippen molar-refractivity contribution in [2.24, 2.45) is 0 Å². The van der Waals surface area contributed by atoms with Crippen LogP contribution in [0, 0.1) is 0 Å². The van der Waals surface area contributed by atoms with E-state index in [1.54, 1.807) is 0 Å². The van der Waals surface area contributed by atoms with Crippen LogP contribution in [0.15, 0.2) is 18.2 Å². The number of piperidine rings is 1. The van der Waals surface area contributed by atoms with Crippen LogP contribution in [0.2, 0.25) is 0 Å². The molecule has 1 amide bonds. The molecule has 3 heterocycles. The van der Waals surface area contributed by atoms with Gasteiger partial charge in [0.25, 0.3) is 0 Å². The van der Waals surface area contributed by atoms with E-state index >= 15 is 0 Å². The Bertz CT molecular complexity index is 574. The second-order valence-electron chi connectivity index (χ2n) is 6.00. The van der Waals surface area contributed by atoms with Gasteiger partial charge in [0.1, 0.15) is 6.09 Å². The molecule has 0 bridgehead atoms. The highest BCUT2D eigenvalue weighted by Crippen LogP contribution is 2.50. The molecule has 0 saturated carbocycles. The van der Waals surface area contributed by atoms with Crippen LogP contribution in [0.1, 0.15) is 17.9 Å². The molecule has 0 unspecified atom stereocenters. The number of likely N-dealkylation sites (tertiary alicyclic amines) is 1. The maximum absolute atomic E-state index is 11.1. The van der Waals surface area contributed by atoms with Gasteiger partial charge in [-0.3, -0.25) is 0 Å². The number of carbonyl (C=O) groups excluding carboxylic acids is 1. The van der Waals surface area contributed by atoms with Crippen LogP contribution in [-0.4, -0.2) is 50.3 Å². The van der Waals surface area contributed by atoms with Crippen molar-refractivity contribution in [3.8, 4) is 0 Å². The van der Waals surface area contributed by atoms with Crippen molar-refractivity contribution in [2.75, 3.05) is 43.0 Å². The number of anilines is 2. The number of amides is 1. The van der Waals surface area contributed by atoms with E-state index in [2.05, 4.69) is 35.0 Å². The molecule has 2 atom stereocenters. The quantitative estimate of drug-likeness (QED) is 0.688. The van der Waals surface area contributed by atoms with Gasteiger partial charge in [-0.25, -0.2) is 0 Å². The average Bonchev–Trinajstić information content (AvgIpc) is 2.78. The first-order valence-corrected chi connectivity index (χ1v) is 7.23. The van der Waals surface area contributed by atoms with E-state index in [-0.39, 0.29) is 0 Å². The molecule has 1 saturated heterocycles. The van der Waals surface area contributed by atoms with Crippen LogP contribution in [0.5, 0.6) is 0 Å². The van der Waals surface area contributed by atoms with Gasteiger partial charge in [-0.1, -0.05) is 12.1 Å². The standard InChI is InChI=1S/C15H19N3O2/c1-16-7-8-18-12-5-6-17(15(19)20)9-11(12)10-3-2-4-13(16)14(10)18/h2-4,11-12H,5-9H2,1H3,(H,19,20)/p-1/t11-,12-/m0/s1. The number of carbonyl (C=O) groups is 1. The minimum Gasteiger partial charge on any atom is -0.530 e. The van der Waals surface area contributed by atoms with Crippen molar-refractivity contribution in [1.29, 1.82) is 0 Å². The fourth-order valence-electron chi connectivity index (χ4n) is 4.07. The Morgan fingerprint density at radius 3 is 2.95 bits per heavy atom. The van der Waals surface area contributed by atoms with E-state index in [1.807, 2.05) is 0 Å². The summed E-state index contributed by atoms with van der Waals surface area (Å²) < 4.78 is 0. The summed E-state index contributed by atoms with van der Waals surface area (Å²) in [6.45, 7) is 3.24. The van der Waals surface area contributed by atoms with Crippen LogP contribution < -0.4 is 14.9 Å². The number of likely N-dealkylation sites (N-methyl/N-ethyl adjacent to an activating group) is 1. The highest BCUT2D eigenvalue weighted by molar-refractivity contribution is 5.81. The zero-order chi connectivity index (χ0) is 13.9. The predicted molar refractivity (Wildman–Crippen MR) is 75.2 cm³/mol. The van der Waals surface area contributed by atoms with Crippen LogP contribution in [0.3, 0.4) is 0 Å². The second-order valence-corrected chi connectivity index (χ2v) is 6.00. The highest BCUT2D eigenvalue weighted by atomic mass is 16.4. The Balaban J connectivity index is 1.78. The molecule has 1 aromatic carbocycles. The zero-order valence-corrected chi connectivity index (χ0v) is 11.6. The molecular weight excluding hydrogens is 254 g/mol. The van der Waals surface area contributed by atoms with Gasteiger partial charge in [-0.05, 0) is 18.1 Å². The Labute approximate surface area is 118 Å². The predicted octanol–water partition coefficient (Wildman–Crippen LogP) is 0.458. The first-order valence-electron chi connectivity index (χ1n) is 7.23. The number of carboxylic acid groups (broad SMARTS) is 1. The highest BCUT2D eigenvalue weighted by Gasteiger charge is 2.44. The molecule has 20 heavy (non-hydrogen) atoms. The Morgan fingerprint density at radius 1 is 1.30 bits per heavy atom. The van der Waals surface area contributed by atoms with Gasteiger partial charge in [-0.2, -0.15) is 0 Å². The van der Waals surface area contributed by atoms with E-state index in [0.29, 0.717) is 25.0 Å². The lowest BCUT2D eigenvalue weighted by molar-refractivity contribution is -0.266. The van der Waals surface area contributed by atoms with E-state index in [1.165, 1.54) is 21.8 Å². The van der Waals surface area contributed by atoms with Crippen molar-refractivity contribution < 1.29 is 9.90 Å². The first kappa shape index (κ1) is 11.9. The number of nitrogens with zero attached hydrogens (tertiary/aromatic N) is 3. The van der Waals surface area contributed by atoms with Crippen LogP contribution in [0.25, 0.3) is 0 Å². The van der Waals surface area contributed by atoms with Gasteiger partial charge in [-0.15, -0.1) is 0 Å². The fourth-order valence-corrected chi connectivity index (χ4v) is 4.07. The fraction of sp³-hybridized carbons (Fsp3) is 0.533. The lowest BCUT2D eigenvalue weighted by atomic mass is 9.89. The molecule has 5 heteroatoms. The van der Waals surface area contributed by atoms with Crippen molar-refractivity contribution in [3.63, 3.8) is 0 Å². The lowest BCUT2D eigenvalue weighted by Crippen LogP contribution is -2.53. The monoisotopic (exact) mass is 272 g/mol. The summed E-state index contributed by atoms with van der Waals surface area (Å²) in [5.41, 5.74) is 3.92. The number of fused-ring (bicyclic) bond motifs is 3. The third kappa shape index (κ3) is 1.46. The number of hydrogen-bond acceptors (Lipinski definition) is 4. The lowest BCUT2D eigenvalue weighted by Gasteiger charge is -2.42. The molecule has 0 aromatic heterocycles. The molecule has 1 fully saturated rings. The van der Waals surface area contributed by atoms with Crippen molar-refractivity contribution >= 4 is 17.5 Å². The average molecular weight is 272 g/mol. The number of hydrogen-bond donors (Lipinski definition) is 0. The summed E-state index contributed by atoms with van der Waals surface area (Å²) >= 11 is 0. The van der Waals surface area contributed by atoms with E-state index in [4.69, 9.17) is 0 Å². The zero-order valence-electron chi connectivity index (χ0n) is 11.6. The number of benzene rings is 1. The van der Waals surface area contributed by atoms with Gasteiger partial charge >= 0.3 is 0 Å². The minimum atomic E-state index is -1.04. The van der Waals surface area contributed by atoms with Crippen molar-refractivity contribution in [1.82, 2.24) is 4.90 Å². The van der Waals surface area contributed by atoms with E-state index in [0.717, 1.165) is 19.5 Å². The number of para-hydroxylation sites is 1. The molecule has 0 spiro atoms. The van der Waals surface area contributed by atoms with Crippen molar-refractivity contribution in [3.05, 3.63) is 23.8 Å². The first-order chi connectivity index (χ1) is 9.66. The summed E-state index contributed by atoms with van der Waals surface area (Å²) in [5.74, 6) is 0.295. The van der Waals surface area contributed by atoms with Crippen LogP contribution in [0.4, 0.5) is 16.2 Å². The maximum Gasteiger partial charge on any atom is 0.136 e. The molecule has 4 rings (SSSR count). The molecule has 3 aliphatic rings. The molecule has 1 aromatic rings. The second kappa shape index (κ2) is 4.04. The summed E-state index contributed by atoms with van der Waals surface area (Å²) in [6.07, 6.45) is -0.136. The van der Waals surface area contributed by atoms with Gasteiger partial charge in [0.05, 0.1) is 11.4 Å². The summed E-state index contributed by atoms with van der Waals surface area (Å²) in [5, 5.41) is 11.1. The van der Waals surface area contributed by atoms with E-state index < -0.39 is 6.09 Å². The third-order valence-corrected chi connectivity index (χ3v) is 5.06. The van der Waals surface area contributed by atoms with Gasteiger partial charge in [0, 0.05) is 45.2 Å². The molecule has 106 valence electrons. The normalized spacial score (nSPS) is 27.4.